The minimum Gasteiger partial charge on any atom is -0.482 e. The molecule has 0 bridgehead atoms. The van der Waals surface area contributed by atoms with Crippen molar-refractivity contribution in [3.8, 4) is 5.75 Å². The van der Waals surface area contributed by atoms with Crippen LogP contribution >= 0.6 is 23.2 Å². The van der Waals surface area contributed by atoms with E-state index in [0.29, 0.717) is 10.6 Å². The zero-order chi connectivity index (χ0) is 22.6. The molecule has 0 aliphatic rings. The molecule has 0 aliphatic carbocycles. The zero-order valence-corrected chi connectivity index (χ0v) is 19.0. The average Bonchev–Trinajstić information content (AvgIpc) is 2.63. The van der Waals surface area contributed by atoms with Crippen molar-refractivity contribution >= 4 is 40.7 Å². The number of aromatic nitrogens is 1. The number of nitrogens with one attached hydrogen (secondary N) is 1. The van der Waals surface area contributed by atoms with Gasteiger partial charge in [0.25, 0.3) is 17.4 Å². The summed E-state index contributed by atoms with van der Waals surface area (Å²) in [5.41, 5.74) is -0.145. The van der Waals surface area contributed by atoms with Crippen LogP contribution in [0.5, 0.6) is 5.75 Å². The third-order valence-corrected chi connectivity index (χ3v) is 4.83. The second-order valence-electron chi connectivity index (χ2n) is 7.37. The van der Waals surface area contributed by atoms with Gasteiger partial charge < -0.3 is 19.5 Å². The van der Waals surface area contributed by atoms with E-state index in [9.17, 15) is 14.4 Å². The molecule has 2 rings (SSSR count). The number of carbonyl (C=O) groups excluding carboxylic acids is 2. The SMILES string of the molecule is CC(C)N(C(=O)c1cc(NC(=O)COc2ccc(Cl)cc2Cl)c(=O)n(C)c1)C(C)C. The van der Waals surface area contributed by atoms with Crippen molar-refractivity contribution in [3.05, 3.63) is 56.4 Å². The van der Waals surface area contributed by atoms with Gasteiger partial charge in [0.2, 0.25) is 0 Å². The Morgan fingerprint density at radius 1 is 1.13 bits per heavy atom. The second kappa shape index (κ2) is 10.00. The summed E-state index contributed by atoms with van der Waals surface area (Å²) in [6.07, 6.45) is 1.46. The fraction of sp³-hybridized carbons (Fsp3) is 0.381. The van der Waals surface area contributed by atoms with Gasteiger partial charge in [-0.1, -0.05) is 23.2 Å². The van der Waals surface area contributed by atoms with Crippen LogP contribution in [0.3, 0.4) is 0 Å². The topological polar surface area (TPSA) is 80.6 Å². The van der Waals surface area contributed by atoms with E-state index in [2.05, 4.69) is 5.32 Å². The smallest absolute Gasteiger partial charge is 0.274 e. The van der Waals surface area contributed by atoms with Crippen molar-refractivity contribution in [1.82, 2.24) is 9.47 Å². The Morgan fingerprint density at radius 3 is 2.33 bits per heavy atom. The first kappa shape index (κ1) is 23.8. The van der Waals surface area contributed by atoms with Crippen LogP contribution in [0.2, 0.25) is 10.0 Å². The number of hydrogen-bond donors (Lipinski definition) is 1. The molecule has 0 unspecified atom stereocenters. The summed E-state index contributed by atoms with van der Waals surface area (Å²) >= 11 is 11.9. The highest BCUT2D eigenvalue weighted by atomic mass is 35.5. The molecule has 0 atom stereocenters. The molecule has 0 aliphatic heterocycles. The number of carbonyl (C=O) groups is 2. The first-order valence-electron chi connectivity index (χ1n) is 9.42. The van der Waals surface area contributed by atoms with Gasteiger partial charge in [0.05, 0.1) is 10.6 Å². The summed E-state index contributed by atoms with van der Waals surface area (Å²) in [7, 11) is 1.52. The molecule has 0 saturated carbocycles. The molecule has 1 aromatic carbocycles. The normalized spacial score (nSPS) is 11.0. The molecule has 1 aromatic heterocycles. The third kappa shape index (κ3) is 5.77. The predicted molar refractivity (Wildman–Crippen MR) is 119 cm³/mol. The van der Waals surface area contributed by atoms with Gasteiger partial charge in [0.1, 0.15) is 11.4 Å². The van der Waals surface area contributed by atoms with Gasteiger partial charge >= 0.3 is 0 Å². The van der Waals surface area contributed by atoms with Crippen LogP contribution < -0.4 is 15.6 Å². The van der Waals surface area contributed by atoms with Crippen molar-refractivity contribution in [2.75, 3.05) is 11.9 Å². The Morgan fingerprint density at radius 2 is 1.77 bits per heavy atom. The molecule has 0 radical (unpaired) electrons. The summed E-state index contributed by atoms with van der Waals surface area (Å²) in [5, 5.41) is 3.22. The first-order chi connectivity index (χ1) is 14.0. The van der Waals surface area contributed by atoms with Crippen LogP contribution in [-0.2, 0) is 11.8 Å². The molecule has 0 spiro atoms. The predicted octanol–water partition coefficient (Wildman–Crippen LogP) is 3.97. The van der Waals surface area contributed by atoms with Crippen molar-refractivity contribution in [2.24, 2.45) is 7.05 Å². The van der Waals surface area contributed by atoms with Crippen LogP contribution in [0.4, 0.5) is 5.69 Å². The highest BCUT2D eigenvalue weighted by Crippen LogP contribution is 2.27. The fourth-order valence-electron chi connectivity index (χ4n) is 3.05. The molecular formula is C21H25Cl2N3O4. The number of rotatable bonds is 7. The molecule has 162 valence electrons. The van der Waals surface area contributed by atoms with Crippen LogP contribution in [-0.4, -0.2) is 40.0 Å². The Labute approximate surface area is 185 Å². The van der Waals surface area contributed by atoms with E-state index in [4.69, 9.17) is 27.9 Å². The fourth-order valence-corrected chi connectivity index (χ4v) is 3.52. The first-order valence-corrected chi connectivity index (χ1v) is 10.2. The number of aryl methyl sites for hydroxylation is 1. The number of benzene rings is 1. The second-order valence-corrected chi connectivity index (χ2v) is 8.21. The molecule has 1 heterocycles. The van der Waals surface area contributed by atoms with Gasteiger partial charge in [0.15, 0.2) is 6.61 Å². The number of halogens is 2. The maximum atomic E-state index is 13.0. The lowest BCUT2D eigenvalue weighted by molar-refractivity contribution is -0.118. The van der Waals surface area contributed by atoms with E-state index < -0.39 is 11.5 Å². The standard InChI is InChI=1S/C21H25Cl2N3O4/c1-12(2)26(13(3)4)20(28)14-8-17(21(29)25(5)10-14)24-19(27)11-30-18-7-6-15(22)9-16(18)23/h6-10,12-13H,11H2,1-5H3,(H,24,27). The Bertz CT molecular complexity index is 994. The summed E-state index contributed by atoms with van der Waals surface area (Å²) in [5.74, 6) is -0.500. The van der Waals surface area contributed by atoms with Gasteiger partial charge in [-0.2, -0.15) is 0 Å². The average molecular weight is 454 g/mol. The maximum absolute atomic E-state index is 13.0. The number of hydrogen-bond acceptors (Lipinski definition) is 4. The summed E-state index contributed by atoms with van der Waals surface area (Å²) in [6.45, 7) is 7.31. The van der Waals surface area contributed by atoms with Gasteiger partial charge in [0, 0.05) is 30.4 Å². The molecule has 1 N–H and O–H groups in total. The van der Waals surface area contributed by atoms with Crippen LogP contribution in [0.1, 0.15) is 38.1 Å². The highest BCUT2D eigenvalue weighted by molar-refractivity contribution is 6.35. The van der Waals surface area contributed by atoms with E-state index in [1.165, 1.54) is 29.9 Å². The molecule has 7 nitrogen and oxygen atoms in total. The van der Waals surface area contributed by atoms with Gasteiger partial charge in [-0.25, -0.2) is 0 Å². The lowest BCUT2D eigenvalue weighted by Gasteiger charge is -2.31. The van der Waals surface area contributed by atoms with Crippen molar-refractivity contribution in [3.63, 3.8) is 0 Å². The van der Waals surface area contributed by atoms with E-state index in [0.717, 1.165) is 0 Å². The third-order valence-electron chi connectivity index (χ3n) is 4.30. The van der Waals surface area contributed by atoms with Crippen LogP contribution in [0, 0.1) is 0 Å². The minimum atomic E-state index is -0.563. The number of amides is 2. The molecular weight excluding hydrogens is 429 g/mol. The van der Waals surface area contributed by atoms with Gasteiger partial charge in [-0.05, 0) is 52.0 Å². The summed E-state index contributed by atoms with van der Waals surface area (Å²) in [6, 6.07) is 5.96. The maximum Gasteiger partial charge on any atom is 0.274 e. The van der Waals surface area contributed by atoms with Crippen LogP contribution in [0.25, 0.3) is 0 Å². The quantitative estimate of drug-likeness (QED) is 0.687. The summed E-state index contributed by atoms with van der Waals surface area (Å²) < 4.78 is 6.65. The van der Waals surface area contributed by atoms with Gasteiger partial charge in [-0.15, -0.1) is 0 Å². The number of pyridine rings is 1. The highest BCUT2D eigenvalue weighted by Gasteiger charge is 2.23. The molecule has 30 heavy (non-hydrogen) atoms. The van der Waals surface area contributed by atoms with Crippen molar-refractivity contribution in [2.45, 2.75) is 39.8 Å². The van der Waals surface area contributed by atoms with E-state index in [-0.39, 0.29) is 41.1 Å². The largest absolute Gasteiger partial charge is 0.482 e. The molecule has 0 saturated heterocycles. The van der Waals surface area contributed by atoms with E-state index in [1.54, 1.807) is 17.0 Å². The summed E-state index contributed by atoms with van der Waals surface area (Å²) in [4.78, 5) is 39.4. The van der Waals surface area contributed by atoms with Gasteiger partial charge in [-0.3, -0.25) is 14.4 Å². The Kier molecular flexibility index (Phi) is 7.92. The Hall–Kier alpha value is -2.51. The van der Waals surface area contributed by atoms with E-state index in [1.807, 2.05) is 27.7 Å². The molecule has 2 amide bonds. The van der Waals surface area contributed by atoms with Crippen LogP contribution in [0.15, 0.2) is 35.3 Å². The molecule has 2 aromatic rings. The number of nitrogens with zero attached hydrogens (tertiary/aromatic N) is 2. The number of ether oxygens (including phenoxy) is 1. The van der Waals surface area contributed by atoms with Crippen molar-refractivity contribution < 1.29 is 14.3 Å². The lowest BCUT2D eigenvalue weighted by atomic mass is 10.1. The molecule has 9 heteroatoms. The van der Waals surface area contributed by atoms with E-state index >= 15 is 0 Å². The zero-order valence-electron chi connectivity index (χ0n) is 17.5. The Balaban J connectivity index is 2.20. The van der Waals surface area contributed by atoms with Crippen molar-refractivity contribution in [1.29, 1.82) is 0 Å². The lowest BCUT2D eigenvalue weighted by Crippen LogP contribution is -2.42. The monoisotopic (exact) mass is 453 g/mol. The number of anilines is 1. The molecule has 0 fully saturated rings. The minimum absolute atomic E-state index is 0.00776.